The van der Waals surface area contributed by atoms with E-state index in [9.17, 15) is 0 Å². The van der Waals surface area contributed by atoms with E-state index in [-0.39, 0.29) is 0 Å². The van der Waals surface area contributed by atoms with E-state index in [4.69, 9.17) is 0 Å². The SMILES string of the molecule is C=C/C=C(/C=C\C)C(\C)=C(/C)Sc1ccc(C)cc1CC(C)C. The van der Waals surface area contributed by atoms with Crippen LogP contribution in [-0.2, 0) is 6.42 Å². The minimum atomic E-state index is 0.667. The smallest absolute Gasteiger partial charge is 0.0151 e. The molecule has 1 heteroatoms. The van der Waals surface area contributed by atoms with Crippen molar-refractivity contribution in [2.24, 2.45) is 5.92 Å². The second-order valence-electron chi connectivity index (χ2n) is 6.35. The highest BCUT2D eigenvalue weighted by Gasteiger charge is 2.09. The van der Waals surface area contributed by atoms with Crippen LogP contribution in [-0.4, -0.2) is 0 Å². The quantitative estimate of drug-likeness (QED) is 0.375. The highest BCUT2D eigenvalue weighted by molar-refractivity contribution is 8.03. The monoisotopic (exact) mass is 326 g/mol. The van der Waals surface area contributed by atoms with E-state index in [0.29, 0.717) is 5.92 Å². The van der Waals surface area contributed by atoms with E-state index in [2.05, 4.69) is 77.6 Å². The molecule has 1 aromatic carbocycles. The van der Waals surface area contributed by atoms with Crippen LogP contribution in [0.3, 0.4) is 0 Å². The van der Waals surface area contributed by atoms with E-state index in [1.165, 1.54) is 32.1 Å². The normalized spacial score (nSPS) is 13.6. The molecule has 23 heavy (non-hydrogen) atoms. The van der Waals surface area contributed by atoms with Crippen molar-refractivity contribution in [3.63, 3.8) is 0 Å². The van der Waals surface area contributed by atoms with Crippen LogP contribution in [0.5, 0.6) is 0 Å². The number of thioether (sulfide) groups is 1. The number of benzene rings is 1. The lowest BCUT2D eigenvalue weighted by Gasteiger charge is -2.14. The molecule has 0 nitrogen and oxygen atoms in total. The summed E-state index contributed by atoms with van der Waals surface area (Å²) in [6.45, 7) is 17.0. The number of rotatable bonds is 7. The lowest BCUT2D eigenvalue weighted by atomic mass is 10.0. The van der Waals surface area contributed by atoms with E-state index >= 15 is 0 Å². The van der Waals surface area contributed by atoms with Gasteiger partial charge in [-0.05, 0) is 67.7 Å². The van der Waals surface area contributed by atoms with Gasteiger partial charge in [0.25, 0.3) is 0 Å². The van der Waals surface area contributed by atoms with Gasteiger partial charge in [0, 0.05) is 4.90 Å². The third-order valence-electron chi connectivity index (χ3n) is 3.71. The van der Waals surface area contributed by atoms with Gasteiger partial charge in [-0.25, -0.2) is 0 Å². The number of hydrogen-bond donors (Lipinski definition) is 0. The highest BCUT2D eigenvalue weighted by atomic mass is 32.2. The van der Waals surface area contributed by atoms with Gasteiger partial charge in [-0.2, -0.15) is 0 Å². The van der Waals surface area contributed by atoms with Crippen molar-refractivity contribution in [2.45, 2.75) is 52.9 Å². The summed E-state index contributed by atoms with van der Waals surface area (Å²) in [5, 5.41) is 0. The van der Waals surface area contributed by atoms with E-state index < -0.39 is 0 Å². The highest BCUT2D eigenvalue weighted by Crippen LogP contribution is 2.34. The van der Waals surface area contributed by atoms with Crippen molar-refractivity contribution in [3.8, 4) is 0 Å². The van der Waals surface area contributed by atoms with Crippen molar-refractivity contribution in [3.05, 3.63) is 76.3 Å². The Morgan fingerprint density at radius 1 is 1.26 bits per heavy atom. The fourth-order valence-corrected chi connectivity index (χ4v) is 3.47. The summed E-state index contributed by atoms with van der Waals surface area (Å²) in [5.41, 5.74) is 5.33. The van der Waals surface area contributed by atoms with Crippen LogP contribution in [0.4, 0.5) is 0 Å². The molecule has 124 valence electrons. The predicted molar refractivity (Wildman–Crippen MR) is 107 cm³/mol. The minimum Gasteiger partial charge on any atom is -0.0990 e. The van der Waals surface area contributed by atoms with Gasteiger partial charge in [0.15, 0.2) is 0 Å². The summed E-state index contributed by atoms with van der Waals surface area (Å²) in [5.74, 6) is 0.667. The van der Waals surface area contributed by atoms with Gasteiger partial charge in [-0.15, -0.1) is 0 Å². The molecule has 0 heterocycles. The Hall–Kier alpha value is -1.47. The van der Waals surface area contributed by atoms with Gasteiger partial charge in [0.05, 0.1) is 0 Å². The van der Waals surface area contributed by atoms with Crippen LogP contribution in [0.1, 0.15) is 45.7 Å². The van der Waals surface area contributed by atoms with Gasteiger partial charge >= 0.3 is 0 Å². The Kier molecular flexibility index (Phi) is 8.19. The van der Waals surface area contributed by atoms with Crippen LogP contribution >= 0.6 is 11.8 Å². The Morgan fingerprint density at radius 3 is 2.52 bits per heavy atom. The van der Waals surface area contributed by atoms with Crippen LogP contribution in [0.15, 0.2) is 70.0 Å². The Morgan fingerprint density at radius 2 is 1.96 bits per heavy atom. The van der Waals surface area contributed by atoms with E-state index in [1.807, 2.05) is 24.8 Å². The Balaban J connectivity index is 3.17. The van der Waals surface area contributed by atoms with Gasteiger partial charge in [-0.1, -0.05) is 74.2 Å². The molecule has 0 saturated heterocycles. The molecule has 0 bridgehead atoms. The summed E-state index contributed by atoms with van der Waals surface area (Å²) in [7, 11) is 0. The standard InChI is InChI=1S/C22H30S/c1-8-10-20(11-9-2)18(6)19(7)23-22-13-12-17(5)15-21(22)14-16(3)4/h8-13,15-16H,1,14H2,2-7H3/b11-9-,19-18+,20-10-. The maximum atomic E-state index is 3.83. The zero-order valence-electron chi connectivity index (χ0n) is 15.4. The average Bonchev–Trinajstić information content (AvgIpc) is 2.48. The molecule has 0 spiro atoms. The van der Waals surface area contributed by atoms with Crippen LogP contribution in [0.25, 0.3) is 0 Å². The molecular formula is C22H30S. The molecule has 0 amide bonds. The van der Waals surface area contributed by atoms with Crippen molar-refractivity contribution >= 4 is 11.8 Å². The first-order valence-corrected chi connectivity index (χ1v) is 9.11. The average molecular weight is 327 g/mol. The minimum absolute atomic E-state index is 0.667. The third kappa shape index (κ3) is 6.27. The first-order chi connectivity index (χ1) is 10.9. The van der Waals surface area contributed by atoms with E-state index in [1.54, 1.807) is 0 Å². The molecule has 0 aliphatic rings. The first-order valence-electron chi connectivity index (χ1n) is 8.29. The van der Waals surface area contributed by atoms with Crippen molar-refractivity contribution in [1.29, 1.82) is 0 Å². The molecule has 0 N–H and O–H groups in total. The molecule has 0 fully saturated rings. The summed E-state index contributed by atoms with van der Waals surface area (Å²) in [4.78, 5) is 2.71. The Bertz CT molecular complexity index is 627. The summed E-state index contributed by atoms with van der Waals surface area (Å²) < 4.78 is 0. The van der Waals surface area contributed by atoms with Gasteiger partial charge < -0.3 is 0 Å². The number of aryl methyl sites for hydroxylation is 1. The Labute approximate surface area is 147 Å². The zero-order valence-corrected chi connectivity index (χ0v) is 16.3. The molecule has 0 radical (unpaired) electrons. The molecule has 0 saturated carbocycles. The number of hydrogen-bond acceptors (Lipinski definition) is 1. The maximum absolute atomic E-state index is 3.83. The topological polar surface area (TPSA) is 0 Å². The predicted octanol–water partition coefficient (Wildman–Crippen LogP) is 7.27. The molecule has 0 aromatic heterocycles. The fraction of sp³-hybridized carbons (Fsp3) is 0.364. The molecule has 1 aromatic rings. The zero-order chi connectivity index (χ0) is 17.4. The number of allylic oxidation sites excluding steroid dienone is 7. The van der Waals surface area contributed by atoms with E-state index in [0.717, 1.165) is 6.42 Å². The summed E-state index contributed by atoms with van der Waals surface area (Å²) >= 11 is 1.88. The largest absolute Gasteiger partial charge is 0.0990 e. The maximum Gasteiger partial charge on any atom is 0.0151 e. The lowest BCUT2D eigenvalue weighted by molar-refractivity contribution is 0.640. The van der Waals surface area contributed by atoms with Crippen molar-refractivity contribution in [1.82, 2.24) is 0 Å². The second kappa shape index (κ2) is 9.62. The fourth-order valence-electron chi connectivity index (χ4n) is 2.46. The van der Waals surface area contributed by atoms with Gasteiger partial charge in [0.1, 0.15) is 0 Å². The van der Waals surface area contributed by atoms with Crippen LogP contribution in [0, 0.1) is 12.8 Å². The van der Waals surface area contributed by atoms with Gasteiger partial charge in [0.2, 0.25) is 0 Å². The molecule has 0 aliphatic carbocycles. The molecule has 1 rings (SSSR count). The second-order valence-corrected chi connectivity index (χ2v) is 7.61. The first kappa shape index (κ1) is 19.6. The lowest BCUT2D eigenvalue weighted by Crippen LogP contribution is -1.97. The summed E-state index contributed by atoms with van der Waals surface area (Å²) in [6.07, 6.45) is 9.27. The third-order valence-corrected chi connectivity index (χ3v) is 4.94. The van der Waals surface area contributed by atoms with Crippen LogP contribution in [0.2, 0.25) is 0 Å². The summed E-state index contributed by atoms with van der Waals surface area (Å²) in [6, 6.07) is 6.81. The van der Waals surface area contributed by atoms with Crippen LogP contribution < -0.4 is 0 Å². The van der Waals surface area contributed by atoms with Crippen molar-refractivity contribution < 1.29 is 0 Å². The van der Waals surface area contributed by atoms with Gasteiger partial charge in [-0.3, -0.25) is 0 Å². The molecular weight excluding hydrogens is 296 g/mol. The van der Waals surface area contributed by atoms with Crippen molar-refractivity contribution in [2.75, 3.05) is 0 Å². The molecule has 0 atom stereocenters. The molecule has 0 unspecified atom stereocenters. The molecule has 0 aliphatic heterocycles.